The third kappa shape index (κ3) is 11.5. The van der Waals surface area contributed by atoms with E-state index in [1.165, 1.54) is 51.4 Å². The van der Waals surface area contributed by atoms with Crippen LogP contribution in [0, 0.1) is 0 Å². The van der Waals surface area contributed by atoms with E-state index in [1.807, 2.05) is 0 Å². The summed E-state index contributed by atoms with van der Waals surface area (Å²) in [6, 6.07) is 0. The summed E-state index contributed by atoms with van der Waals surface area (Å²) in [5, 5.41) is 0. The van der Waals surface area contributed by atoms with Crippen LogP contribution in [0.15, 0.2) is 24.3 Å². The van der Waals surface area contributed by atoms with Crippen molar-refractivity contribution in [2.24, 2.45) is 0 Å². The fourth-order valence-electron chi connectivity index (χ4n) is 1.39. The van der Waals surface area contributed by atoms with Gasteiger partial charge in [-0.1, -0.05) is 51.0 Å². The molecule has 0 aromatic carbocycles. The second-order valence-electron chi connectivity index (χ2n) is 3.78. The van der Waals surface area contributed by atoms with Gasteiger partial charge in [-0.2, -0.15) is 0 Å². The van der Waals surface area contributed by atoms with Crippen LogP contribution in [-0.4, -0.2) is 0 Å². The number of unbranched alkanes of at least 4 members (excludes halogenated alkanes) is 5. The van der Waals surface area contributed by atoms with Gasteiger partial charge in [0.1, 0.15) is 0 Å². The second kappa shape index (κ2) is 12.5. The molecule has 0 aromatic rings. The van der Waals surface area contributed by atoms with Gasteiger partial charge in [0.15, 0.2) is 0 Å². The molecule has 0 spiro atoms. The average Bonchev–Trinajstić information content (AvgIpc) is 2.21. The average molecular weight is 194 g/mol. The molecule has 0 rings (SSSR count). The van der Waals surface area contributed by atoms with Gasteiger partial charge in [-0.25, -0.2) is 0 Å². The zero-order valence-electron chi connectivity index (χ0n) is 9.97. The van der Waals surface area contributed by atoms with Gasteiger partial charge < -0.3 is 0 Å². The highest BCUT2D eigenvalue weighted by Gasteiger charge is 1.82. The van der Waals surface area contributed by atoms with E-state index >= 15 is 0 Å². The molecule has 0 nitrogen and oxygen atoms in total. The van der Waals surface area contributed by atoms with Gasteiger partial charge in [0.25, 0.3) is 0 Å². The van der Waals surface area contributed by atoms with Gasteiger partial charge >= 0.3 is 0 Å². The molecule has 0 radical (unpaired) electrons. The summed E-state index contributed by atoms with van der Waals surface area (Å²) in [5.74, 6) is 0. The van der Waals surface area contributed by atoms with Crippen LogP contribution in [0.2, 0.25) is 0 Å². The van der Waals surface area contributed by atoms with Gasteiger partial charge in [0.05, 0.1) is 0 Å². The summed E-state index contributed by atoms with van der Waals surface area (Å²) in [7, 11) is 0. The summed E-state index contributed by atoms with van der Waals surface area (Å²) < 4.78 is 0. The SMILES string of the molecule is CC/C=C\CCC/C=C\CCCCC. The van der Waals surface area contributed by atoms with Gasteiger partial charge in [0, 0.05) is 0 Å². The van der Waals surface area contributed by atoms with Crippen molar-refractivity contribution in [3.8, 4) is 0 Å². The standard InChI is InChI=1S/C14H26/c1-3-5-7-9-11-13-14-12-10-8-6-4-2/h5,7,12,14H,3-4,6,8-11,13H2,1-2H3/b7-5-,14-12-. The van der Waals surface area contributed by atoms with Gasteiger partial charge in [-0.15, -0.1) is 0 Å². The minimum atomic E-state index is 1.17. The molecule has 0 saturated heterocycles. The molecule has 0 fully saturated rings. The topological polar surface area (TPSA) is 0 Å². The van der Waals surface area contributed by atoms with Crippen LogP contribution in [0.4, 0.5) is 0 Å². The number of hydrogen-bond donors (Lipinski definition) is 0. The molecule has 0 atom stereocenters. The third-order valence-corrected chi connectivity index (χ3v) is 2.28. The van der Waals surface area contributed by atoms with Crippen LogP contribution in [0.3, 0.4) is 0 Å². The Hall–Kier alpha value is -0.520. The molecular formula is C14H26. The van der Waals surface area contributed by atoms with Crippen molar-refractivity contribution in [3.63, 3.8) is 0 Å². The number of rotatable bonds is 9. The van der Waals surface area contributed by atoms with Crippen molar-refractivity contribution in [3.05, 3.63) is 24.3 Å². The molecule has 0 N–H and O–H groups in total. The Bertz CT molecular complexity index is 142. The van der Waals surface area contributed by atoms with Crippen LogP contribution in [0.1, 0.15) is 65.2 Å². The smallest absolute Gasteiger partial charge is 0.0348 e. The van der Waals surface area contributed by atoms with E-state index in [2.05, 4.69) is 38.2 Å². The molecule has 0 aliphatic rings. The van der Waals surface area contributed by atoms with Gasteiger partial charge in [-0.05, 0) is 38.5 Å². The molecule has 14 heavy (non-hydrogen) atoms. The normalized spacial score (nSPS) is 11.9. The Morgan fingerprint density at radius 1 is 0.643 bits per heavy atom. The Morgan fingerprint density at radius 3 is 1.79 bits per heavy atom. The molecular weight excluding hydrogens is 168 g/mol. The first-order valence-electron chi connectivity index (χ1n) is 6.21. The highest BCUT2D eigenvalue weighted by atomic mass is 13.9. The lowest BCUT2D eigenvalue weighted by molar-refractivity contribution is 0.727. The fourth-order valence-corrected chi connectivity index (χ4v) is 1.39. The largest absolute Gasteiger partial charge is 0.0888 e. The highest BCUT2D eigenvalue weighted by Crippen LogP contribution is 2.02. The third-order valence-electron chi connectivity index (χ3n) is 2.28. The molecule has 0 bridgehead atoms. The molecule has 0 saturated carbocycles. The predicted octanol–water partition coefficient (Wildman–Crippen LogP) is 5.26. The van der Waals surface area contributed by atoms with Gasteiger partial charge in [-0.3, -0.25) is 0 Å². The zero-order valence-corrected chi connectivity index (χ0v) is 9.97. The molecule has 0 aromatic heterocycles. The lowest BCUT2D eigenvalue weighted by atomic mass is 10.1. The lowest BCUT2D eigenvalue weighted by Crippen LogP contribution is -1.72. The summed E-state index contributed by atoms with van der Waals surface area (Å²) in [6.45, 7) is 4.44. The van der Waals surface area contributed by atoms with Crippen LogP contribution in [0.5, 0.6) is 0 Å². The molecule has 0 unspecified atom stereocenters. The first kappa shape index (κ1) is 13.5. The molecule has 0 aliphatic carbocycles. The van der Waals surface area contributed by atoms with E-state index in [-0.39, 0.29) is 0 Å². The quantitative estimate of drug-likeness (QED) is 0.347. The van der Waals surface area contributed by atoms with Crippen LogP contribution in [0.25, 0.3) is 0 Å². The van der Waals surface area contributed by atoms with E-state index in [0.29, 0.717) is 0 Å². The van der Waals surface area contributed by atoms with E-state index in [9.17, 15) is 0 Å². The first-order chi connectivity index (χ1) is 6.91. The summed E-state index contributed by atoms with van der Waals surface area (Å²) in [5.41, 5.74) is 0. The van der Waals surface area contributed by atoms with Gasteiger partial charge in [0.2, 0.25) is 0 Å². The van der Waals surface area contributed by atoms with Crippen LogP contribution >= 0.6 is 0 Å². The van der Waals surface area contributed by atoms with Crippen molar-refractivity contribution >= 4 is 0 Å². The van der Waals surface area contributed by atoms with Crippen LogP contribution < -0.4 is 0 Å². The minimum absolute atomic E-state index is 1.17. The predicted molar refractivity (Wildman–Crippen MR) is 66.6 cm³/mol. The Labute approximate surface area is 90.1 Å². The maximum Gasteiger partial charge on any atom is -0.0348 e. The number of allylic oxidation sites excluding steroid dienone is 4. The van der Waals surface area contributed by atoms with Crippen LogP contribution in [-0.2, 0) is 0 Å². The van der Waals surface area contributed by atoms with Crippen molar-refractivity contribution in [1.82, 2.24) is 0 Å². The van der Waals surface area contributed by atoms with E-state index in [0.717, 1.165) is 0 Å². The molecule has 0 amide bonds. The molecule has 82 valence electrons. The fraction of sp³-hybridized carbons (Fsp3) is 0.714. The lowest BCUT2D eigenvalue weighted by Gasteiger charge is -1.92. The van der Waals surface area contributed by atoms with E-state index in [4.69, 9.17) is 0 Å². The summed E-state index contributed by atoms with van der Waals surface area (Å²) in [4.78, 5) is 0. The minimum Gasteiger partial charge on any atom is -0.0888 e. The second-order valence-corrected chi connectivity index (χ2v) is 3.78. The Balaban J connectivity index is 3.07. The molecule has 0 heterocycles. The van der Waals surface area contributed by atoms with E-state index < -0.39 is 0 Å². The zero-order chi connectivity index (χ0) is 10.5. The van der Waals surface area contributed by atoms with Crippen molar-refractivity contribution < 1.29 is 0 Å². The Kier molecular flexibility index (Phi) is 12.0. The maximum absolute atomic E-state index is 2.35. The summed E-state index contributed by atoms with van der Waals surface area (Å²) >= 11 is 0. The molecule has 0 aliphatic heterocycles. The van der Waals surface area contributed by atoms with Crippen molar-refractivity contribution in [2.75, 3.05) is 0 Å². The van der Waals surface area contributed by atoms with Crippen molar-refractivity contribution in [2.45, 2.75) is 65.2 Å². The first-order valence-corrected chi connectivity index (χ1v) is 6.21. The Morgan fingerprint density at radius 2 is 1.21 bits per heavy atom. The van der Waals surface area contributed by atoms with E-state index in [1.54, 1.807) is 0 Å². The summed E-state index contributed by atoms with van der Waals surface area (Å²) in [6.07, 6.45) is 19.6. The van der Waals surface area contributed by atoms with Crippen molar-refractivity contribution in [1.29, 1.82) is 0 Å². The monoisotopic (exact) mass is 194 g/mol. The maximum atomic E-state index is 2.35. The number of hydrogen-bond acceptors (Lipinski definition) is 0. The molecule has 0 heteroatoms. The highest BCUT2D eigenvalue weighted by molar-refractivity contribution is 4.84.